The molecule has 5 heteroatoms. The Kier molecular flexibility index (Phi) is 4.13. The van der Waals surface area contributed by atoms with Gasteiger partial charge in [-0.2, -0.15) is 0 Å². The quantitative estimate of drug-likeness (QED) is 0.819. The van der Waals surface area contributed by atoms with Crippen molar-refractivity contribution in [1.82, 2.24) is 15.5 Å². The lowest BCUT2D eigenvalue weighted by Crippen LogP contribution is -2.50. The molecule has 2 saturated carbocycles. The summed E-state index contributed by atoms with van der Waals surface area (Å²) in [5.74, 6) is 1.34. The lowest BCUT2D eigenvalue weighted by atomic mass is 9.85. The van der Waals surface area contributed by atoms with Crippen molar-refractivity contribution < 1.29 is 9.59 Å². The summed E-state index contributed by atoms with van der Waals surface area (Å²) < 4.78 is 0. The summed E-state index contributed by atoms with van der Waals surface area (Å²) in [7, 11) is 0. The van der Waals surface area contributed by atoms with Gasteiger partial charge in [0.05, 0.1) is 0 Å². The highest BCUT2D eigenvalue weighted by Gasteiger charge is 2.35. The lowest BCUT2D eigenvalue weighted by molar-refractivity contribution is -0.133. The molecule has 0 unspecified atom stereocenters. The van der Waals surface area contributed by atoms with Gasteiger partial charge in [0.25, 0.3) is 0 Å². The fourth-order valence-electron chi connectivity index (χ4n) is 3.00. The number of piperidine rings is 1. The number of urea groups is 1. The molecule has 1 saturated heterocycles. The van der Waals surface area contributed by atoms with Crippen LogP contribution in [0.2, 0.25) is 0 Å². The van der Waals surface area contributed by atoms with Gasteiger partial charge >= 0.3 is 6.03 Å². The predicted molar refractivity (Wildman–Crippen MR) is 76.2 cm³/mol. The highest BCUT2D eigenvalue weighted by atomic mass is 16.2. The molecule has 3 rings (SSSR count). The molecule has 20 heavy (non-hydrogen) atoms. The Labute approximate surface area is 120 Å². The molecule has 3 amide bonds. The van der Waals surface area contributed by atoms with Gasteiger partial charge in [-0.3, -0.25) is 4.79 Å². The summed E-state index contributed by atoms with van der Waals surface area (Å²) in [5, 5.41) is 6.00. The third-order valence-corrected chi connectivity index (χ3v) is 4.84. The van der Waals surface area contributed by atoms with Crippen molar-refractivity contribution in [1.29, 1.82) is 0 Å². The summed E-state index contributed by atoms with van der Waals surface area (Å²) >= 11 is 0. The number of nitrogens with one attached hydrogen (secondary N) is 2. The van der Waals surface area contributed by atoms with E-state index in [9.17, 15) is 9.59 Å². The molecule has 2 aliphatic carbocycles. The van der Waals surface area contributed by atoms with E-state index in [1.54, 1.807) is 0 Å². The van der Waals surface area contributed by atoms with Gasteiger partial charge in [-0.1, -0.05) is 6.42 Å². The monoisotopic (exact) mass is 279 g/mol. The largest absolute Gasteiger partial charge is 0.342 e. The maximum absolute atomic E-state index is 11.9. The molecule has 3 aliphatic rings. The molecule has 0 aromatic rings. The Bertz CT molecular complexity index is 369. The van der Waals surface area contributed by atoms with Crippen LogP contribution in [-0.4, -0.2) is 42.5 Å². The smallest absolute Gasteiger partial charge is 0.315 e. The highest BCUT2D eigenvalue weighted by Crippen LogP contribution is 2.31. The summed E-state index contributed by atoms with van der Waals surface area (Å²) in [5.41, 5.74) is 0. The van der Waals surface area contributed by atoms with Crippen LogP contribution in [0, 0.1) is 11.8 Å². The number of carbonyl (C=O) groups excluding carboxylic acids is 2. The Hall–Kier alpha value is -1.26. The third kappa shape index (κ3) is 3.44. The van der Waals surface area contributed by atoms with E-state index in [2.05, 4.69) is 10.6 Å². The molecule has 2 N–H and O–H groups in total. The molecule has 0 aromatic heterocycles. The maximum Gasteiger partial charge on any atom is 0.315 e. The molecule has 0 atom stereocenters. The standard InChI is InChI=1S/C15H25N3O2/c19-14(12-4-5-12)18-8-6-13(7-9-18)17-15(20)16-10-11-2-1-3-11/h11-13H,1-10H2,(H2,16,17,20). The van der Waals surface area contributed by atoms with Crippen LogP contribution in [0.1, 0.15) is 44.9 Å². The van der Waals surface area contributed by atoms with Crippen LogP contribution in [0.3, 0.4) is 0 Å². The van der Waals surface area contributed by atoms with Gasteiger partial charge in [-0.15, -0.1) is 0 Å². The van der Waals surface area contributed by atoms with Gasteiger partial charge in [0.15, 0.2) is 0 Å². The van der Waals surface area contributed by atoms with E-state index in [0.717, 1.165) is 45.3 Å². The van der Waals surface area contributed by atoms with E-state index in [-0.39, 0.29) is 12.1 Å². The molecule has 3 fully saturated rings. The predicted octanol–water partition coefficient (Wildman–Crippen LogP) is 1.49. The SMILES string of the molecule is O=C(NCC1CCC1)NC1CCN(C(=O)C2CC2)CC1. The molecule has 0 aromatic carbocycles. The van der Waals surface area contributed by atoms with E-state index in [1.165, 1.54) is 19.3 Å². The van der Waals surface area contributed by atoms with Crippen LogP contribution in [0.4, 0.5) is 4.79 Å². The Balaban J connectivity index is 1.32. The molecule has 1 aliphatic heterocycles. The van der Waals surface area contributed by atoms with Crippen LogP contribution in [0.15, 0.2) is 0 Å². The van der Waals surface area contributed by atoms with Gasteiger partial charge in [-0.05, 0) is 44.4 Å². The van der Waals surface area contributed by atoms with Crippen molar-refractivity contribution in [2.75, 3.05) is 19.6 Å². The third-order valence-electron chi connectivity index (χ3n) is 4.84. The number of likely N-dealkylation sites (tertiary alicyclic amines) is 1. The van der Waals surface area contributed by atoms with Gasteiger partial charge in [0.2, 0.25) is 5.91 Å². The maximum atomic E-state index is 11.9. The summed E-state index contributed by atoms with van der Waals surface area (Å²) in [6, 6.07) is 0.184. The number of amides is 3. The first-order chi connectivity index (χ1) is 9.72. The summed E-state index contributed by atoms with van der Waals surface area (Å²) in [6.45, 7) is 2.40. The summed E-state index contributed by atoms with van der Waals surface area (Å²) in [4.78, 5) is 25.7. The number of nitrogens with zero attached hydrogens (tertiary/aromatic N) is 1. The molecular formula is C15H25N3O2. The second-order valence-corrected chi connectivity index (χ2v) is 6.53. The fourth-order valence-corrected chi connectivity index (χ4v) is 3.00. The average Bonchev–Trinajstić information content (AvgIpc) is 3.21. The Morgan fingerprint density at radius 2 is 1.70 bits per heavy atom. The first-order valence-corrected chi connectivity index (χ1v) is 8.05. The molecule has 5 nitrogen and oxygen atoms in total. The number of hydrogen-bond donors (Lipinski definition) is 2. The topological polar surface area (TPSA) is 61.4 Å². The molecule has 1 heterocycles. The van der Waals surface area contributed by atoms with Crippen LogP contribution in [0.25, 0.3) is 0 Å². The second-order valence-electron chi connectivity index (χ2n) is 6.53. The Morgan fingerprint density at radius 1 is 1.00 bits per heavy atom. The molecule has 0 bridgehead atoms. The minimum absolute atomic E-state index is 0.0381. The first kappa shape index (κ1) is 13.7. The van der Waals surface area contributed by atoms with Crippen molar-refractivity contribution >= 4 is 11.9 Å². The molecule has 0 spiro atoms. The zero-order valence-corrected chi connectivity index (χ0v) is 12.1. The van der Waals surface area contributed by atoms with Crippen LogP contribution in [-0.2, 0) is 4.79 Å². The van der Waals surface area contributed by atoms with Crippen molar-refractivity contribution in [2.24, 2.45) is 11.8 Å². The molecule has 0 radical (unpaired) electrons. The van der Waals surface area contributed by atoms with E-state index in [0.29, 0.717) is 17.7 Å². The zero-order valence-electron chi connectivity index (χ0n) is 12.1. The minimum Gasteiger partial charge on any atom is -0.342 e. The first-order valence-electron chi connectivity index (χ1n) is 8.05. The van der Waals surface area contributed by atoms with Crippen LogP contribution < -0.4 is 10.6 Å². The number of hydrogen-bond acceptors (Lipinski definition) is 2. The number of rotatable bonds is 4. The fraction of sp³-hybridized carbons (Fsp3) is 0.867. The van der Waals surface area contributed by atoms with Crippen molar-refractivity contribution in [3.8, 4) is 0 Å². The average molecular weight is 279 g/mol. The molecule has 112 valence electrons. The molecular weight excluding hydrogens is 254 g/mol. The van der Waals surface area contributed by atoms with E-state index >= 15 is 0 Å². The normalized spacial score (nSPS) is 24.1. The second kappa shape index (κ2) is 6.02. The van der Waals surface area contributed by atoms with Crippen LogP contribution >= 0.6 is 0 Å². The Morgan fingerprint density at radius 3 is 2.25 bits per heavy atom. The zero-order chi connectivity index (χ0) is 13.9. The summed E-state index contributed by atoms with van der Waals surface area (Å²) in [6.07, 6.45) is 7.72. The lowest BCUT2D eigenvalue weighted by Gasteiger charge is -2.33. The van der Waals surface area contributed by atoms with E-state index in [4.69, 9.17) is 0 Å². The van der Waals surface area contributed by atoms with E-state index < -0.39 is 0 Å². The van der Waals surface area contributed by atoms with Crippen LogP contribution in [0.5, 0.6) is 0 Å². The van der Waals surface area contributed by atoms with Crippen molar-refractivity contribution in [2.45, 2.75) is 51.0 Å². The minimum atomic E-state index is -0.0381. The highest BCUT2D eigenvalue weighted by molar-refractivity contribution is 5.81. The van der Waals surface area contributed by atoms with Gasteiger partial charge in [-0.25, -0.2) is 4.79 Å². The van der Waals surface area contributed by atoms with Gasteiger partial charge in [0.1, 0.15) is 0 Å². The van der Waals surface area contributed by atoms with E-state index in [1.807, 2.05) is 4.90 Å². The van der Waals surface area contributed by atoms with Gasteiger partial charge in [0, 0.05) is 31.6 Å². The van der Waals surface area contributed by atoms with Gasteiger partial charge < -0.3 is 15.5 Å². The number of carbonyl (C=O) groups is 2. The van der Waals surface area contributed by atoms with Crippen molar-refractivity contribution in [3.05, 3.63) is 0 Å². The van der Waals surface area contributed by atoms with Crippen molar-refractivity contribution in [3.63, 3.8) is 0 Å².